The molecule has 0 spiro atoms. The van der Waals surface area contributed by atoms with Crippen LogP contribution in [0, 0.1) is 0 Å². The third-order valence-electron chi connectivity index (χ3n) is 4.35. The molecule has 116 valence electrons. The average molecular weight is 302 g/mol. The van der Waals surface area contributed by atoms with E-state index in [0.717, 1.165) is 0 Å². The summed E-state index contributed by atoms with van der Waals surface area (Å²) in [6.45, 7) is 11.1. The van der Waals surface area contributed by atoms with Crippen LogP contribution in [-0.4, -0.2) is 46.0 Å². The molecular formula is C14H26O5Si. The highest BCUT2D eigenvalue weighted by Gasteiger charge is 2.48. The molecule has 0 aromatic heterocycles. The number of Topliss-reactive ketones (excluding diaryl/α,β-unsaturated/α-hetero) is 1. The Balaban J connectivity index is 2.82. The topological polar surface area (TPSA) is 61.8 Å². The summed E-state index contributed by atoms with van der Waals surface area (Å²) < 4.78 is 16.3. The Hall–Kier alpha value is -0.723. The summed E-state index contributed by atoms with van der Waals surface area (Å²) in [5.41, 5.74) is -1.15. The molecule has 6 heteroatoms. The quantitative estimate of drug-likeness (QED) is 0.576. The van der Waals surface area contributed by atoms with Gasteiger partial charge in [-0.05, 0) is 18.1 Å². The summed E-state index contributed by atoms with van der Waals surface area (Å²) >= 11 is 0. The number of carbonyl (C=O) groups is 2. The van der Waals surface area contributed by atoms with Gasteiger partial charge in [0.15, 0.2) is 19.7 Å². The Bertz CT molecular complexity index is 386. The number of ether oxygens (including phenoxy) is 2. The van der Waals surface area contributed by atoms with E-state index >= 15 is 0 Å². The fraction of sp³-hybridized carbons (Fsp3) is 0.857. The van der Waals surface area contributed by atoms with Crippen molar-refractivity contribution in [2.24, 2.45) is 0 Å². The lowest BCUT2D eigenvalue weighted by atomic mass is 9.96. The van der Waals surface area contributed by atoms with Gasteiger partial charge in [0.1, 0.15) is 0 Å². The molecule has 1 saturated heterocycles. The molecule has 1 rings (SSSR count). The van der Waals surface area contributed by atoms with Crippen molar-refractivity contribution in [3.63, 3.8) is 0 Å². The summed E-state index contributed by atoms with van der Waals surface area (Å²) in [6, 6.07) is 0. The van der Waals surface area contributed by atoms with Crippen LogP contribution in [0.4, 0.5) is 0 Å². The van der Waals surface area contributed by atoms with Gasteiger partial charge in [0.2, 0.25) is 0 Å². The Morgan fingerprint density at radius 1 is 1.40 bits per heavy atom. The molecular weight excluding hydrogens is 276 g/mol. The van der Waals surface area contributed by atoms with Crippen molar-refractivity contribution in [3.8, 4) is 0 Å². The van der Waals surface area contributed by atoms with Crippen LogP contribution in [0.15, 0.2) is 0 Å². The van der Waals surface area contributed by atoms with Crippen molar-refractivity contribution in [3.05, 3.63) is 0 Å². The predicted octanol–water partition coefficient (Wildman–Crippen LogP) is 2.30. The molecule has 0 aliphatic carbocycles. The van der Waals surface area contributed by atoms with E-state index in [1.807, 2.05) is 0 Å². The second-order valence-electron chi connectivity index (χ2n) is 6.82. The first-order valence-corrected chi connectivity index (χ1v) is 9.83. The van der Waals surface area contributed by atoms with Crippen molar-refractivity contribution >= 4 is 20.1 Å². The maximum atomic E-state index is 12.1. The van der Waals surface area contributed by atoms with Crippen molar-refractivity contribution in [1.82, 2.24) is 0 Å². The summed E-state index contributed by atoms with van der Waals surface area (Å²) in [7, 11) is -0.685. The molecule has 1 aliphatic heterocycles. The minimum Gasteiger partial charge on any atom is -0.469 e. The molecule has 0 amide bonds. The first-order valence-electron chi connectivity index (χ1n) is 6.92. The van der Waals surface area contributed by atoms with Crippen LogP contribution >= 0.6 is 0 Å². The van der Waals surface area contributed by atoms with E-state index in [4.69, 9.17) is 9.16 Å². The number of hydrogen-bond acceptors (Lipinski definition) is 5. The Morgan fingerprint density at radius 3 is 2.40 bits per heavy atom. The second-order valence-corrected chi connectivity index (χ2v) is 11.6. The maximum Gasteiger partial charge on any atom is 0.309 e. The van der Waals surface area contributed by atoms with Crippen molar-refractivity contribution < 1.29 is 23.5 Å². The maximum absolute atomic E-state index is 12.1. The Kier molecular flexibility index (Phi) is 5.16. The summed E-state index contributed by atoms with van der Waals surface area (Å²) in [5, 5.41) is 0.0428. The third kappa shape index (κ3) is 3.68. The number of methoxy groups -OCH3 is 1. The highest BCUT2D eigenvalue weighted by Crippen LogP contribution is 2.38. The molecule has 1 atom stereocenters. The van der Waals surface area contributed by atoms with E-state index in [1.54, 1.807) is 0 Å². The Labute approximate surface area is 122 Å². The van der Waals surface area contributed by atoms with E-state index in [9.17, 15) is 9.59 Å². The lowest BCUT2D eigenvalue weighted by molar-refractivity contribution is -0.154. The molecule has 1 fully saturated rings. The summed E-state index contributed by atoms with van der Waals surface area (Å²) in [4.78, 5) is 23.7. The average Bonchev–Trinajstić information content (AvgIpc) is 2.67. The minimum atomic E-state index is -1.99. The zero-order valence-corrected chi connectivity index (χ0v) is 14.4. The first-order chi connectivity index (χ1) is 9.04. The van der Waals surface area contributed by atoms with Crippen LogP contribution in [-0.2, 0) is 23.5 Å². The Morgan fingerprint density at radius 2 is 2.00 bits per heavy atom. The monoisotopic (exact) mass is 302 g/mol. The molecule has 0 radical (unpaired) electrons. The number of ketones is 1. The van der Waals surface area contributed by atoms with Gasteiger partial charge in [-0.15, -0.1) is 0 Å². The van der Waals surface area contributed by atoms with Crippen molar-refractivity contribution in [2.75, 3.05) is 20.3 Å². The molecule has 0 aromatic rings. The van der Waals surface area contributed by atoms with Gasteiger partial charge >= 0.3 is 5.97 Å². The van der Waals surface area contributed by atoms with Gasteiger partial charge in [-0.2, -0.15) is 0 Å². The van der Waals surface area contributed by atoms with Crippen LogP contribution in [0.2, 0.25) is 18.1 Å². The van der Waals surface area contributed by atoms with E-state index in [2.05, 4.69) is 38.6 Å². The van der Waals surface area contributed by atoms with Gasteiger partial charge in [-0.3, -0.25) is 9.59 Å². The number of rotatable bonds is 5. The molecule has 0 N–H and O–H groups in total. The number of esters is 1. The number of hydrogen-bond donors (Lipinski definition) is 0. The lowest BCUT2D eigenvalue weighted by Crippen LogP contribution is -2.49. The van der Waals surface area contributed by atoms with Crippen molar-refractivity contribution in [1.29, 1.82) is 0 Å². The molecule has 1 heterocycles. The van der Waals surface area contributed by atoms with Crippen LogP contribution in [0.25, 0.3) is 0 Å². The molecule has 0 bridgehead atoms. The highest BCUT2D eigenvalue weighted by atomic mass is 28.4. The van der Waals surface area contributed by atoms with Crippen molar-refractivity contribution in [2.45, 2.75) is 57.3 Å². The van der Waals surface area contributed by atoms with Gasteiger partial charge < -0.3 is 13.9 Å². The normalized spacial score (nSPS) is 24.0. The largest absolute Gasteiger partial charge is 0.469 e. The van der Waals surface area contributed by atoms with Gasteiger partial charge in [-0.25, -0.2) is 0 Å². The van der Waals surface area contributed by atoms with Crippen LogP contribution < -0.4 is 0 Å². The molecule has 1 aliphatic rings. The van der Waals surface area contributed by atoms with E-state index in [1.165, 1.54) is 7.11 Å². The summed E-state index contributed by atoms with van der Waals surface area (Å²) in [6.07, 6.45) is 0.259. The van der Waals surface area contributed by atoms with E-state index in [-0.39, 0.29) is 23.8 Å². The molecule has 0 saturated carbocycles. The number of carbonyl (C=O) groups excluding carboxylic acids is 2. The van der Waals surface area contributed by atoms with Crippen LogP contribution in [0.5, 0.6) is 0 Å². The first kappa shape index (κ1) is 17.3. The standard InChI is InChI=1S/C14H26O5Si/c1-13(2,3)20(5,6)19-10-14(9-12(16)17-4)11(15)7-8-18-14/h7-10H2,1-6H3. The predicted molar refractivity (Wildman–Crippen MR) is 78.1 cm³/mol. The van der Waals surface area contributed by atoms with Crippen LogP contribution in [0.3, 0.4) is 0 Å². The molecule has 0 aromatic carbocycles. The van der Waals surface area contributed by atoms with Gasteiger partial charge in [0.25, 0.3) is 0 Å². The van der Waals surface area contributed by atoms with Crippen LogP contribution in [0.1, 0.15) is 33.6 Å². The third-order valence-corrected chi connectivity index (χ3v) is 8.82. The zero-order valence-electron chi connectivity index (χ0n) is 13.4. The SMILES string of the molecule is COC(=O)CC1(CO[Si](C)(C)C(C)(C)C)OCCC1=O. The fourth-order valence-corrected chi connectivity index (χ4v) is 2.82. The van der Waals surface area contributed by atoms with Gasteiger partial charge in [-0.1, -0.05) is 20.8 Å². The van der Waals surface area contributed by atoms with E-state index in [0.29, 0.717) is 13.0 Å². The second kappa shape index (κ2) is 5.95. The van der Waals surface area contributed by atoms with Gasteiger partial charge in [0, 0.05) is 6.42 Å². The smallest absolute Gasteiger partial charge is 0.309 e. The van der Waals surface area contributed by atoms with Gasteiger partial charge in [0.05, 0.1) is 26.7 Å². The molecule has 1 unspecified atom stereocenters. The summed E-state index contributed by atoms with van der Waals surface area (Å²) in [5.74, 6) is -0.513. The highest BCUT2D eigenvalue weighted by molar-refractivity contribution is 6.74. The van der Waals surface area contributed by atoms with E-state index < -0.39 is 19.9 Å². The molecule has 5 nitrogen and oxygen atoms in total. The zero-order chi connectivity index (χ0) is 15.6. The fourth-order valence-electron chi connectivity index (χ4n) is 1.79. The lowest BCUT2D eigenvalue weighted by Gasteiger charge is -2.38. The minimum absolute atomic E-state index is 0.0428. The molecule has 20 heavy (non-hydrogen) atoms.